The summed E-state index contributed by atoms with van der Waals surface area (Å²) in [5.74, 6) is -0.684. The summed E-state index contributed by atoms with van der Waals surface area (Å²) in [6, 6.07) is 9.58. The molecule has 6 nitrogen and oxygen atoms in total. The van der Waals surface area contributed by atoms with E-state index in [1.807, 2.05) is 20.8 Å². The lowest BCUT2D eigenvalue weighted by Gasteiger charge is -2.20. The Morgan fingerprint density at radius 3 is 2.53 bits per heavy atom. The summed E-state index contributed by atoms with van der Waals surface area (Å²) in [4.78, 5) is 17.2. The first-order valence-electron chi connectivity index (χ1n) is 9.56. The molecule has 0 aliphatic carbocycles. The number of nitrogens with one attached hydrogen (secondary N) is 2. The van der Waals surface area contributed by atoms with E-state index in [1.165, 1.54) is 29.5 Å². The van der Waals surface area contributed by atoms with Crippen molar-refractivity contribution in [3.8, 4) is 0 Å². The van der Waals surface area contributed by atoms with E-state index in [9.17, 15) is 17.6 Å². The number of nitrogens with zero attached hydrogens (tertiary/aromatic N) is 1. The molecule has 0 saturated carbocycles. The van der Waals surface area contributed by atoms with Gasteiger partial charge in [0.15, 0.2) is 0 Å². The number of halogens is 1. The number of sulfonamides is 1. The maximum Gasteiger partial charge on any atom is 0.241 e. The van der Waals surface area contributed by atoms with Gasteiger partial charge in [-0.2, -0.15) is 4.72 Å². The Kier molecular flexibility index (Phi) is 6.84. The van der Waals surface area contributed by atoms with Crippen molar-refractivity contribution in [1.82, 2.24) is 15.0 Å². The van der Waals surface area contributed by atoms with Crippen LogP contribution in [0, 0.1) is 18.7 Å². The topological polar surface area (TPSA) is 88.2 Å². The third kappa shape index (κ3) is 5.62. The Labute approximate surface area is 179 Å². The van der Waals surface area contributed by atoms with Crippen molar-refractivity contribution < 1.29 is 17.6 Å². The number of aryl methyl sites for hydroxylation is 1. The minimum absolute atomic E-state index is 0.0961. The highest BCUT2D eigenvalue weighted by Crippen LogP contribution is 2.25. The van der Waals surface area contributed by atoms with Crippen molar-refractivity contribution in [2.75, 3.05) is 0 Å². The van der Waals surface area contributed by atoms with Gasteiger partial charge in [-0.3, -0.25) is 4.79 Å². The second-order valence-corrected chi connectivity index (χ2v) is 10.5. The van der Waals surface area contributed by atoms with Crippen LogP contribution < -0.4 is 10.0 Å². The van der Waals surface area contributed by atoms with Crippen molar-refractivity contribution in [3.05, 3.63) is 58.9 Å². The molecule has 1 heterocycles. The molecule has 3 aromatic rings. The van der Waals surface area contributed by atoms with Crippen LogP contribution in [0.5, 0.6) is 0 Å². The molecule has 3 rings (SSSR count). The van der Waals surface area contributed by atoms with Gasteiger partial charge in [-0.1, -0.05) is 26.0 Å². The maximum atomic E-state index is 13.0. The highest BCUT2D eigenvalue weighted by atomic mass is 32.2. The van der Waals surface area contributed by atoms with Gasteiger partial charge in [-0.05, 0) is 55.2 Å². The average molecular weight is 450 g/mol. The summed E-state index contributed by atoms with van der Waals surface area (Å²) in [5, 5.41) is 3.59. The van der Waals surface area contributed by atoms with Crippen molar-refractivity contribution in [2.45, 2.75) is 44.7 Å². The van der Waals surface area contributed by atoms with Gasteiger partial charge in [-0.15, -0.1) is 11.3 Å². The quantitative estimate of drug-likeness (QED) is 0.548. The molecule has 30 heavy (non-hydrogen) atoms. The first-order valence-corrected chi connectivity index (χ1v) is 11.9. The summed E-state index contributed by atoms with van der Waals surface area (Å²) in [6.07, 6.45) is 0.344. The molecule has 0 saturated heterocycles. The van der Waals surface area contributed by atoms with Crippen LogP contribution in [0.25, 0.3) is 10.2 Å². The number of fused-ring (bicyclic) bond motifs is 1. The molecule has 9 heteroatoms. The number of carbonyl (C=O) groups excluding carboxylic acids is 1. The molecule has 0 fully saturated rings. The second kappa shape index (κ2) is 9.20. The normalized spacial score (nSPS) is 13.0. The molecule has 0 unspecified atom stereocenters. The van der Waals surface area contributed by atoms with Crippen LogP contribution in [0.15, 0.2) is 47.4 Å². The number of hydrogen-bond donors (Lipinski definition) is 2. The molecule has 160 valence electrons. The van der Waals surface area contributed by atoms with Crippen molar-refractivity contribution in [3.63, 3.8) is 0 Å². The molecule has 2 N–H and O–H groups in total. The number of rotatable bonds is 8. The lowest BCUT2D eigenvalue weighted by molar-refractivity contribution is -0.123. The molecule has 0 bridgehead atoms. The van der Waals surface area contributed by atoms with E-state index in [0.717, 1.165) is 20.8 Å². The van der Waals surface area contributed by atoms with Gasteiger partial charge in [0.1, 0.15) is 11.9 Å². The van der Waals surface area contributed by atoms with Gasteiger partial charge in [0.05, 0.1) is 20.1 Å². The fraction of sp³-hybridized carbons (Fsp3) is 0.333. The van der Waals surface area contributed by atoms with Gasteiger partial charge < -0.3 is 5.32 Å². The Hall–Kier alpha value is -2.36. The van der Waals surface area contributed by atoms with E-state index >= 15 is 0 Å². The van der Waals surface area contributed by atoms with Crippen molar-refractivity contribution in [1.29, 1.82) is 0 Å². The minimum Gasteiger partial charge on any atom is -0.351 e. The highest BCUT2D eigenvalue weighted by Gasteiger charge is 2.26. The van der Waals surface area contributed by atoms with E-state index in [4.69, 9.17) is 0 Å². The Bertz CT molecular complexity index is 1140. The molecule has 0 radical (unpaired) electrons. The molecular formula is C21H24FN3O3S2. The lowest BCUT2D eigenvalue weighted by atomic mass is 10.0. The fourth-order valence-corrected chi connectivity index (χ4v) is 5.21. The third-order valence-electron chi connectivity index (χ3n) is 4.48. The number of aromatic nitrogens is 1. The molecule has 0 aliphatic rings. The summed E-state index contributed by atoms with van der Waals surface area (Å²) in [5.41, 5.74) is 1.47. The zero-order chi connectivity index (χ0) is 21.9. The van der Waals surface area contributed by atoms with E-state index in [0.29, 0.717) is 6.42 Å². The first-order chi connectivity index (χ1) is 14.1. The number of carbonyl (C=O) groups is 1. The second-order valence-electron chi connectivity index (χ2n) is 7.51. The minimum atomic E-state index is -3.90. The van der Waals surface area contributed by atoms with Crippen LogP contribution in [-0.4, -0.2) is 25.4 Å². The predicted molar refractivity (Wildman–Crippen MR) is 116 cm³/mol. The summed E-state index contributed by atoms with van der Waals surface area (Å²) in [7, 11) is -3.90. The van der Waals surface area contributed by atoms with Crippen LogP contribution >= 0.6 is 11.3 Å². The van der Waals surface area contributed by atoms with E-state index < -0.39 is 22.0 Å². The van der Waals surface area contributed by atoms with Crippen LogP contribution in [-0.2, 0) is 21.4 Å². The van der Waals surface area contributed by atoms with Crippen LogP contribution in [0.1, 0.15) is 30.8 Å². The zero-order valence-electron chi connectivity index (χ0n) is 17.0. The van der Waals surface area contributed by atoms with Crippen LogP contribution in [0.4, 0.5) is 4.39 Å². The van der Waals surface area contributed by atoms with Crippen LogP contribution in [0.3, 0.4) is 0 Å². The van der Waals surface area contributed by atoms with Gasteiger partial charge in [0.25, 0.3) is 0 Å². The Balaban J connectivity index is 1.76. The lowest BCUT2D eigenvalue weighted by Crippen LogP contribution is -2.47. The number of amides is 1. The van der Waals surface area contributed by atoms with Gasteiger partial charge >= 0.3 is 0 Å². The molecule has 0 spiro atoms. The molecule has 0 aliphatic heterocycles. The van der Waals surface area contributed by atoms with Crippen molar-refractivity contribution in [2.24, 2.45) is 5.92 Å². The van der Waals surface area contributed by atoms with Gasteiger partial charge in [0.2, 0.25) is 15.9 Å². The summed E-state index contributed by atoms with van der Waals surface area (Å²) < 4.78 is 42.2. The monoisotopic (exact) mass is 449 g/mol. The summed E-state index contributed by atoms with van der Waals surface area (Å²) in [6.45, 7) is 5.88. The SMILES string of the molecule is Cc1nc2ccc(S(=O)(=O)N[C@H](CC(C)C)C(=O)NCc3ccc(F)cc3)cc2s1. The highest BCUT2D eigenvalue weighted by molar-refractivity contribution is 7.89. The third-order valence-corrected chi connectivity index (χ3v) is 6.88. The molecule has 1 atom stereocenters. The number of benzene rings is 2. The average Bonchev–Trinajstić information content (AvgIpc) is 3.05. The Morgan fingerprint density at radius 2 is 1.87 bits per heavy atom. The predicted octanol–water partition coefficient (Wildman–Crippen LogP) is 3.75. The zero-order valence-corrected chi connectivity index (χ0v) is 18.6. The van der Waals surface area contributed by atoms with E-state index in [1.54, 1.807) is 24.3 Å². The fourth-order valence-electron chi connectivity index (χ4n) is 3.04. The van der Waals surface area contributed by atoms with Crippen LogP contribution in [0.2, 0.25) is 0 Å². The largest absolute Gasteiger partial charge is 0.351 e. The van der Waals surface area contributed by atoms with E-state index in [-0.39, 0.29) is 23.2 Å². The first kappa shape index (κ1) is 22.3. The summed E-state index contributed by atoms with van der Waals surface area (Å²) >= 11 is 1.42. The van der Waals surface area contributed by atoms with Gasteiger partial charge in [0, 0.05) is 6.54 Å². The maximum absolute atomic E-state index is 13.0. The number of hydrogen-bond acceptors (Lipinski definition) is 5. The Morgan fingerprint density at radius 1 is 1.17 bits per heavy atom. The molecule has 1 aromatic heterocycles. The molecular weight excluding hydrogens is 425 g/mol. The standard InChI is InChI=1S/C21H24FN3O3S2/c1-13(2)10-19(21(26)23-12-15-4-6-16(22)7-5-15)25-30(27,28)17-8-9-18-20(11-17)29-14(3)24-18/h4-9,11,13,19,25H,10,12H2,1-3H3,(H,23,26)/t19-/m1/s1. The smallest absolute Gasteiger partial charge is 0.241 e. The van der Waals surface area contributed by atoms with Crippen molar-refractivity contribution >= 4 is 37.5 Å². The van der Waals surface area contributed by atoms with E-state index in [2.05, 4.69) is 15.0 Å². The molecule has 1 amide bonds. The van der Waals surface area contributed by atoms with Gasteiger partial charge in [-0.25, -0.2) is 17.8 Å². The number of thiazole rings is 1. The molecule has 2 aromatic carbocycles.